The Bertz CT molecular complexity index is 2660. The molecule has 23 heteroatoms. The van der Waals surface area contributed by atoms with Crippen LogP contribution in [0.4, 0.5) is 0 Å². The number of carbonyl (C=O) groups is 3. The van der Waals surface area contributed by atoms with Gasteiger partial charge in [0.25, 0.3) is 0 Å². The summed E-state index contributed by atoms with van der Waals surface area (Å²) in [7, 11) is -4.96. The number of amides is 1. The summed E-state index contributed by atoms with van der Waals surface area (Å²) in [4.78, 5) is 36.3. The Balaban J connectivity index is 2.41. The van der Waals surface area contributed by atoms with E-state index in [9.17, 15) is 83.5 Å². The molecule has 0 bridgehead atoms. The summed E-state index contributed by atoms with van der Waals surface area (Å²) in [6.07, 6.45) is 35.1. The van der Waals surface area contributed by atoms with E-state index in [0.717, 1.165) is 32.1 Å². The molecule has 1 fully saturated rings. The minimum atomic E-state index is -4.96. The standard InChI is InChI=1S/C72H115N3O19S/c1-51-30-24-25-33-56(51)44-69(87)75-72(73)74-43-29-40-63(82)46-59(78)35-26-34-57(76)45-58(77)36-27-37-60(79)47-64(83)48-61(80)38-28-39-62(81)49-65(84)50-67(86)54(4)68(94-95(91,92)93)42-23-19-15-10-8-6-7-9-14-18-22-41-66(85)55(5)70(88)52(2)31-20-16-12-11-13-17-21-32-53(3)71(89)90/h6-11,13-15,17-23,26-28,31-32,34,37,39,41,51-52,54-66,68,70,72,74,76-85,88H,12,16,24-25,29-30,33,35-36,38,40,42-50,73H2,1-5H3,(H,75,87)(H,89,90)(H,91,92,93)/b8-6+,9-7+,13-11+,15-10+,18-14+,21-17+,23-19+,31-20+,34-26+,37-27+,39-28+,41-22+,53-32+. The normalized spacial score (nSPS) is 21.1. The average Bonchev–Trinajstić information content (AvgIpc) is 1.11. The van der Waals surface area contributed by atoms with E-state index in [1.807, 2.05) is 31.2 Å². The maximum Gasteiger partial charge on any atom is 0.397 e. The first-order chi connectivity index (χ1) is 45.0. The van der Waals surface area contributed by atoms with Crippen LogP contribution in [0.5, 0.6) is 0 Å². The van der Waals surface area contributed by atoms with E-state index in [4.69, 9.17) is 15.0 Å². The predicted octanol–water partition coefficient (Wildman–Crippen LogP) is 6.95. The van der Waals surface area contributed by atoms with Gasteiger partial charge in [-0.1, -0.05) is 199 Å². The van der Waals surface area contributed by atoms with E-state index < -0.39 is 120 Å². The summed E-state index contributed by atoms with van der Waals surface area (Å²) in [5.74, 6) is -2.44. The van der Waals surface area contributed by atoms with Crippen LogP contribution in [0, 0.1) is 29.6 Å². The van der Waals surface area contributed by atoms with Crippen molar-refractivity contribution in [3.05, 3.63) is 157 Å². The van der Waals surface area contributed by atoms with Crippen molar-refractivity contribution in [3.8, 4) is 0 Å². The monoisotopic (exact) mass is 1360 g/mol. The van der Waals surface area contributed by atoms with Crippen LogP contribution in [-0.4, -0.2) is 178 Å². The second kappa shape index (κ2) is 51.8. The maximum atomic E-state index is 13.1. The van der Waals surface area contributed by atoms with E-state index in [-0.39, 0.29) is 75.2 Å². The van der Waals surface area contributed by atoms with Gasteiger partial charge < -0.3 is 66.6 Å². The number of aliphatic hydroxyl groups is 11. The molecule has 0 radical (unpaired) electrons. The van der Waals surface area contributed by atoms with Gasteiger partial charge in [-0.25, -0.2) is 8.98 Å². The molecule has 17 N–H and O–H groups in total. The molecule has 0 heterocycles. The zero-order valence-corrected chi connectivity index (χ0v) is 57.0. The Hall–Kier alpha value is -5.42. The highest BCUT2D eigenvalue weighted by Crippen LogP contribution is 2.32. The largest absolute Gasteiger partial charge is 0.478 e. The number of nitrogens with one attached hydrogen (secondary N) is 2. The number of ketones is 1. The third-order valence-electron chi connectivity index (χ3n) is 16.2. The second-order valence-electron chi connectivity index (χ2n) is 24.9. The third-order valence-corrected chi connectivity index (χ3v) is 16.7. The van der Waals surface area contributed by atoms with Crippen LogP contribution >= 0.6 is 0 Å². The smallest absolute Gasteiger partial charge is 0.397 e. The first kappa shape index (κ1) is 87.6. The highest BCUT2D eigenvalue weighted by atomic mass is 32.3. The molecule has 0 saturated heterocycles. The van der Waals surface area contributed by atoms with E-state index in [0.29, 0.717) is 37.6 Å². The summed E-state index contributed by atoms with van der Waals surface area (Å²) >= 11 is 0. The van der Waals surface area contributed by atoms with Crippen LogP contribution in [0.25, 0.3) is 0 Å². The fourth-order valence-electron chi connectivity index (χ4n) is 10.4. The number of carboxylic acids is 1. The zero-order valence-electron chi connectivity index (χ0n) is 56.2. The number of carbonyl (C=O) groups excluding carboxylic acids is 2. The Morgan fingerprint density at radius 3 is 1.64 bits per heavy atom. The van der Waals surface area contributed by atoms with Gasteiger partial charge in [0.2, 0.25) is 5.91 Å². The fourth-order valence-corrected chi connectivity index (χ4v) is 10.9. The van der Waals surface area contributed by atoms with Gasteiger partial charge in [-0.2, -0.15) is 8.42 Å². The molecule has 0 aromatic carbocycles. The Morgan fingerprint density at radius 1 is 0.579 bits per heavy atom. The van der Waals surface area contributed by atoms with Gasteiger partial charge in [-0.15, -0.1) is 0 Å². The lowest BCUT2D eigenvalue weighted by Gasteiger charge is -2.28. The average molecular weight is 1360 g/mol. The number of hydrogen-bond donors (Lipinski definition) is 16. The van der Waals surface area contributed by atoms with Crippen LogP contribution < -0.4 is 16.4 Å². The highest BCUT2D eigenvalue weighted by Gasteiger charge is 2.30. The molecule has 0 aromatic rings. The number of carboxylic acid groups (broad SMARTS) is 1. The first-order valence-corrected chi connectivity index (χ1v) is 34.7. The van der Waals surface area contributed by atoms with Crippen LogP contribution in [0.2, 0.25) is 0 Å². The highest BCUT2D eigenvalue weighted by molar-refractivity contribution is 7.80. The van der Waals surface area contributed by atoms with Gasteiger partial charge >= 0.3 is 16.4 Å². The molecule has 18 atom stereocenters. The molecular formula is C72H115N3O19S. The molecule has 0 spiro atoms. The lowest BCUT2D eigenvalue weighted by atomic mass is 9.78. The number of aliphatic hydroxyl groups excluding tert-OH is 11. The Morgan fingerprint density at radius 2 is 1.07 bits per heavy atom. The van der Waals surface area contributed by atoms with Crippen molar-refractivity contribution >= 4 is 28.1 Å². The van der Waals surface area contributed by atoms with Crippen molar-refractivity contribution in [1.29, 1.82) is 0 Å². The molecule has 18 unspecified atom stereocenters. The van der Waals surface area contributed by atoms with Crippen molar-refractivity contribution in [2.75, 3.05) is 6.54 Å². The molecule has 1 saturated carbocycles. The van der Waals surface area contributed by atoms with Crippen molar-refractivity contribution < 1.29 is 92.8 Å². The Labute approximate surface area is 564 Å². The van der Waals surface area contributed by atoms with Gasteiger partial charge in [-0.05, 0) is 95.9 Å². The minimum Gasteiger partial charge on any atom is -0.478 e. The lowest BCUT2D eigenvalue weighted by Crippen LogP contribution is -2.52. The van der Waals surface area contributed by atoms with Gasteiger partial charge in [0.05, 0.1) is 73.2 Å². The van der Waals surface area contributed by atoms with Gasteiger partial charge in [0.1, 0.15) is 12.1 Å². The first-order valence-electron chi connectivity index (χ1n) is 33.3. The van der Waals surface area contributed by atoms with Gasteiger partial charge in [-0.3, -0.25) is 25.2 Å². The maximum absolute atomic E-state index is 13.1. The predicted molar refractivity (Wildman–Crippen MR) is 371 cm³/mol. The number of allylic oxidation sites excluding steroid dienone is 16. The van der Waals surface area contributed by atoms with E-state index in [2.05, 4.69) is 17.6 Å². The molecule has 538 valence electrons. The number of aliphatic carboxylic acids is 1. The lowest BCUT2D eigenvalue weighted by molar-refractivity contribution is -0.132. The molecule has 95 heavy (non-hydrogen) atoms. The minimum absolute atomic E-state index is 0.00268. The van der Waals surface area contributed by atoms with Crippen LogP contribution in [0.15, 0.2) is 157 Å². The molecule has 0 aromatic heterocycles. The second-order valence-corrected chi connectivity index (χ2v) is 26.0. The zero-order chi connectivity index (χ0) is 71.1. The molecular weight excluding hydrogens is 1240 g/mol. The van der Waals surface area contributed by atoms with E-state index >= 15 is 0 Å². The summed E-state index contributed by atoms with van der Waals surface area (Å²) in [5, 5.41) is 130. The fraction of sp³-hybridized carbons (Fsp3) is 0.597. The van der Waals surface area contributed by atoms with E-state index in [1.165, 1.54) is 62.8 Å². The molecule has 1 aliphatic rings. The molecule has 1 amide bonds. The van der Waals surface area contributed by atoms with E-state index in [1.54, 1.807) is 92.0 Å². The number of Topliss-reactive ketones (excluding diaryl/α,β-unsaturated/α-hetero) is 1. The molecule has 0 aliphatic heterocycles. The number of unbranched alkanes of at least 4 members (excludes halogenated alkanes) is 1. The van der Waals surface area contributed by atoms with Crippen LogP contribution in [-0.2, 0) is 29.0 Å². The van der Waals surface area contributed by atoms with Gasteiger partial charge in [0.15, 0.2) is 0 Å². The summed E-state index contributed by atoms with van der Waals surface area (Å²) in [5.41, 5.74) is 6.26. The quantitative estimate of drug-likeness (QED) is 0.00731. The SMILES string of the molecule is C\C(=C/C=C/C=C/CC/C=C/C(C)C(O)C(C)C(O)/C=C/C=C/C=C/C=C/C=C/C=C/CC(OS(=O)(=O)O)C(C)C(=O)CC(O)CC(O)/C=C/CC(O)CC(O)CC(O)/C=C/CC(O)CC(O)/C=C/CC(O)CC(O)CCCNC(N)NC(=O)CC1CCCCC1C)C(=O)O. The molecule has 22 nitrogen and oxygen atoms in total. The van der Waals surface area contributed by atoms with Crippen molar-refractivity contribution in [3.63, 3.8) is 0 Å². The number of hydrogen-bond acceptors (Lipinski definition) is 19. The third kappa shape index (κ3) is 46.4. The summed E-state index contributed by atoms with van der Waals surface area (Å²) in [6.45, 7) is 9.22. The number of rotatable bonds is 51. The van der Waals surface area contributed by atoms with Crippen LogP contribution in [0.3, 0.4) is 0 Å². The topological polar surface area (TPSA) is 408 Å². The van der Waals surface area contributed by atoms with Crippen molar-refractivity contribution in [1.82, 2.24) is 10.6 Å². The van der Waals surface area contributed by atoms with Crippen molar-refractivity contribution in [2.45, 2.75) is 236 Å². The molecule has 1 rings (SSSR count). The summed E-state index contributed by atoms with van der Waals surface area (Å²) in [6, 6.07) is 0. The van der Waals surface area contributed by atoms with Crippen molar-refractivity contribution in [2.24, 2.45) is 35.3 Å². The van der Waals surface area contributed by atoms with Crippen LogP contribution in [0.1, 0.15) is 157 Å². The molecule has 1 aliphatic carbocycles. The number of nitrogens with two attached hydrogens (primary N) is 1. The van der Waals surface area contributed by atoms with Gasteiger partial charge in [0, 0.05) is 55.4 Å². The Kier molecular flexibility index (Phi) is 47.7. The summed E-state index contributed by atoms with van der Waals surface area (Å²) < 4.78 is 37.5.